The molecule has 0 unspecified atom stereocenters. The number of rotatable bonds is 7. The van der Waals surface area contributed by atoms with Crippen molar-refractivity contribution in [1.29, 1.82) is 0 Å². The Balaban J connectivity index is 2.33. The summed E-state index contributed by atoms with van der Waals surface area (Å²) in [6.45, 7) is 0.140. The Morgan fingerprint density at radius 2 is 2.00 bits per heavy atom. The lowest BCUT2D eigenvalue weighted by molar-refractivity contribution is -0.116. The van der Waals surface area contributed by atoms with Gasteiger partial charge in [0.25, 0.3) is 0 Å². The zero-order valence-corrected chi connectivity index (χ0v) is 10.5. The molecule has 96 valence electrons. The Morgan fingerprint density at radius 1 is 1.28 bits per heavy atom. The van der Waals surface area contributed by atoms with Crippen LogP contribution in [0.2, 0.25) is 0 Å². The van der Waals surface area contributed by atoms with E-state index in [1.165, 1.54) is 0 Å². The lowest BCUT2D eigenvalue weighted by atomic mass is 10.1. The van der Waals surface area contributed by atoms with Crippen molar-refractivity contribution in [2.45, 2.75) is 32.1 Å². The van der Waals surface area contributed by atoms with Crippen LogP contribution >= 0.6 is 0 Å². The third kappa shape index (κ3) is 5.51. The van der Waals surface area contributed by atoms with Crippen LogP contribution in [0, 0.1) is 12.3 Å². The van der Waals surface area contributed by atoms with Crippen molar-refractivity contribution in [3.05, 3.63) is 29.8 Å². The molecule has 0 atom stereocenters. The maximum absolute atomic E-state index is 11.6. The van der Waals surface area contributed by atoms with Crippen LogP contribution in [0.15, 0.2) is 24.3 Å². The average Bonchev–Trinajstić information content (AvgIpc) is 2.37. The fraction of sp³-hybridized carbons (Fsp3) is 0.400. The molecule has 0 bridgehead atoms. The second kappa shape index (κ2) is 8.32. The zero-order chi connectivity index (χ0) is 13.2. The lowest BCUT2D eigenvalue weighted by Crippen LogP contribution is -2.11. The van der Waals surface area contributed by atoms with E-state index >= 15 is 0 Å². The van der Waals surface area contributed by atoms with E-state index in [9.17, 15) is 4.79 Å². The van der Waals surface area contributed by atoms with Crippen molar-refractivity contribution < 1.29 is 9.90 Å². The van der Waals surface area contributed by atoms with Gasteiger partial charge >= 0.3 is 0 Å². The van der Waals surface area contributed by atoms with E-state index in [-0.39, 0.29) is 12.5 Å². The van der Waals surface area contributed by atoms with E-state index in [4.69, 9.17) is 11.5 Å². The Kier molecular flexibility index (Phi) is 6.60. The van der Waals surface area contributed by atoms with Crippen LogP contribution in [-0.4, -0.2) is 17.6 Å². The van der Waals surface area contributed by atoms with E-state index in [2.05, 4.69) is 11.2 Å². The van der Waals surface area contributed by atoms with Crippen LogP contribution in [0.25, 0.3) is 0 Å². The first kappa shape index (κ1) is 14.3. The fourth-order valence-corrected chi connectivity index (χ4v) is 1.62. The standard InChI is InChI=1S/C15H19NO2/c1-2-3-4-5-6-15(18)16-14-9-7-13(8-10-14)11-12-17/h1,7-10,17H,3-6,11-12H2,(H,16,18). The molecule has 1 aromatic carbocycles. The van der Waals surface area contributed by atoms with Gasteiger partial charge in [0.15, 0.2) is 0 Å². The van der Waals surface area contributed by atoms with Gasteiger partial charge in [-0.15, -0.1) is 12.3 Å². The molecule has 0 spiro atoms. The molecule has 3 nitrogen and oxygen atoms in total. The number of terminal acetylenes is 1. The van der Waals surface area contributed by atoms with Crippen molar-refractivity contribution >= 4 is 11.6 Å². The lowest BCUT2D eigenvalue weighted by Gasteiger charge is -2.05. The van der Waals surface area contributed by atoms with Gasteiger partial charge in [0.2, 0.25) is 5.91 Å². The Labute approximate surface area is 108 Å². The highest BCUT2D eigenvalue weighted by Gasteiger charge is 2.02. The van der Waals surface area contributed by atoms with Crippen molar-refractivity contribution in [3.8, 4) is 12.3 Å². The summed E-state index contributed by atoms with van der Waals surface area (Å²) >= 11 is 0. The van der Waals surface area contributed by atoms with Gasteiger partial charge in [-0.2, -0.15) is 0 Å². The summed E-state index contributed by atoms with van der Waals surface area (Å²) in [5, 5.41) is 11.6. The van der Waals surface area contributed by atoms with E-state index in [1.807, 2.05) is 24.3 Å². The minimum absolute atomic E-state index is 0.0157. The number of benzene rings is 1. The second-order valence-electron chi connectivity index (χ2n) is 4.13. The van der Waals surface area contributed by atoms with Gasteiger partial charge in [0, 0.05) is 25.1 Å². The van der Waals surface area contributed by atoms with Gasteiger partial charge in [-0.3, -0.25) is 4.79 Å². The first-order chi connectivity index (χ1) is 8.76. The molecule has 3 heteroatoms. The normalized spacial score (nSPS) is 9.78. The molecule has 2 N–H and O–H groups in total. The quantitative estimate of drug-likeness (QED) is 0.572. The molecule has 0 aliphatic carbocycles. The minimum Gasteiger partial charge on any atom is -0.396 e. The number of hydrogen-bond acceptors (Lipinski definition) is 2. The Hall–Kier alpha value is -1.79. The summed E-state index contributed by atoms with van der Waals surface area (Å²) in [5.74, 6) is 2.57. The first-order valence-corrected chi connectivity index (χ1v) is 6.19. The van der Waals surface area contributed by atoms with Crippen LogP contribution in [0.1, 0.15) is 31.2 Å². The number of hydrogen-bond donors (Lipinski definition) is 2. The van der Waals surface area contributed by atoms with Crippen molar-refractivity contribution in [1.82, 2.24) is 0 Å². The summed E-state index contributed by atoms with van der Waals surface area (Å²) in [6, 6.07) is 7.52. The maximum atomic E-state index is 11.6. The highest BCUT2D eigenvalue weighted by Crippen LogP contribution is 2.11. The summed E-state index contributed by atoms with van der Waals surface area (Å²) in [4.78, 5) is 11.6. The van der Waals surface area contributed by atoms with Crippen molar-refractivity contribution in [2.24, 2.45) is 0 Å². The number of aliphatic hydroxyl groups is 1. The molecule has 0 fully saturated rings. The molecular formula is C15H19NO2. The minimum atomic E-state index is 0.0157. The third-order valence-corrected chi connectivity index (χ3v) is 2.61. The number of nitrogens with one attached hydrogen (secondary N) is 1. The largest absolute Gasteiger partial charge is 0.396 e. The molecule has 1 amide bonds. The number of anilines is 1. The predicted molar refractivity (Wildman–Crippen MR) is 73.2 cm³/mol. The Bertz CT molecular complexity index is 403. The molecule has 1 rings (SSSR count). The van der Waals surface area contributed by atoms with Crippen LogP contribution in [-0.2, 0) is 11.2 Å². The van der Waals surface area contributed by atoms with Gasteiger partial charge in [-0.05, 0) is 37.0 Å². The number of aliphatic hydroxyl groups excluding tert-OH is 1. The summed E-state index contributed by atoms with van der Waals surface area (Å²) in [6.07, 6.45) is 8.71. The number of unbranched alkanes of at least 4 members (excludes halogenated alkanes) is 2. The van der Waals surface area contributed by atoms with Crippen LogP contribution < -0.4 is 5.32 Å². The van der Waals surface area contributed by atoms with Crippen molar-refractivity contribution in [2.75, 3.05) is 11.9 Å². The number of carbonyl (C=O) groups excluding carboxylic acids is 1. The van der Waals surface area contributed by atoms with E-state index in [0.29, 0.717) is 12.8 Å². The smallest absolute Gasteiger partial charge is 0.224 e. The zero-order valence-electron chi connectivity index (χ0n) is 10.5. The highest BCUT2D eigenvalue weighted by molar-refractivity contribution is 5.90. The maximum Gasteiger partial charge on any atom is 0.224 e. The molecule has 0 aliphatic rings. The van der Waals surface area contributed by atoms with Gasteiger partial charge in [0.1, 0.15) is 0 Å². The number of amides is 1. The molecule has 0 saturated heterocycles. The molecule has 0 aliphatic heterocycles. The van der Waals surface area contributed by atoms with E-state index in [1.54, 1.807) is 0 Å². The summed E-state index contributed by atoms with van der Waals surface area (Å²) < 4.78 is 0. The number of carbonyl (C=O) groups is 1. The molecule has 0 aromatic heterocycles. The SMILES string of the molecule is C#CCCCCC(=O)Nc1ccc(CCO)cc1. The topological polar surface area (TPSA) is 49.3 Å². The highest BCUT2D eigenvalue weighted by atomic mass is 16.2. The molecule has 0 saturated carbocycles. The molecule has 0 heterocycles. The third-order valence-electron chi connectivity index (χ3n) is 2.61. The van der Waals surface area contributed by atoms with Crippen molar-refractivity contribution in [3.63, 3.8) is 0 Å². The van der Waals surface area contributed by atoms with E-state index in [0.717, 1.165) is 30.5 Å². The van der Waals surface area contributed by atoms with Crippen LogP contribution in [0.4, 0.5) is 5.69 Å². The summed E-state index contributed by atoms with van der Waals surface area (Å²) in [7, 11) is 0. The van der Waals surface area contributed by atoms with Crippen LogP contribution in [0.5, 0.6) is 0 Å². The van der Waals surface area contributed by atoms with Crippen LogP contribution in [0.3, 0.4) is 0 Å². The second-order valence-corrected chi connectivity index (χ2v) is 4.13. The van der Waals surface area contributed by atoms with Gasteiger partial charge in [0.05, 0.1) is 0 Å². The average molecular weight is 245 g/mol. The monoisotopic (exact) mass is 245 g/mol. The molecule has 0 radical (unpaired) electrons. The Morgan fingerprint density at radius 3 is 2.61 bits per heavy atom. The fourth-order valence-electron chi connectivity index (χ4n) is 1.62. The molecule has 1 aromatic rings. The van der Waals surface area contributed by atoms with E-state index < -0.39 is 0 Å². The van der Waals surface area contributed by atoms with Gasteiger partial charge < -0.3 is 10.4 Å². The summed E-state index contributed by atoms with van der Waals surface area (Å²) in [5.41, 5.74) is 1.85. The predicted octanol–water partition coefficient (Wildman–Crippen LogP) is 2.35. The molecule has 18 heavy (non-hydrogen) atoms. The van der Waals surface area contributed by atoms with Gasteiger partial charge in [-0.1, -0.05) is 12.1 Å². The molecular weight excluding hydrogens is 226 g/mol. The first-order valence-electron chi connectivity index (χ1n) is 6.19. The van der Waals surface area contributed by atoms with Gasteiger partial charge in [-0.25, -0.2) is 0 Å².